The lowest BCUT2D eigenvalue weighted by Crippen LogP contribution is -2.47. The van der Waals surface area contributed by atoms with Gasteiger partial charge in [-0.15, -0.1) is 27.1 Å². The number of nitrogens with zero attached hydrogens (tertiary/aromatic N) is 8. The van der Waals surface area contributed by atoms with Gasteiger partial charge < -0.3 is 9.80 Å². The first kappa shape index (κ1) is 17.9. The predicted octanol–water partition coefficient (Wildman–Crippen LogP) is 2.53. The van der Waals surface area contributed by atoms with Crippen molar-refractivity contribution in [2.45, 2.75) is 10.8 Å². The molecule has 0 bridgehead atoms. The number of hydrogen-bond donors (Lipinski definition) is 0. The summed E-state index contributed by atoms with van der Waals surface area (Å²) in [5.74, 6) is 2.77. The average Bonchev–Trinajstić information content (AvgIpc) is 3.27. The molecule has 3 aromatic heterocycles. The molecule has 0 unspecified atom stereocenters. The minimum absolute atomic E-state index is 0.757. The van der Waals surface area contributed by atoms with E-state index in [1.54, 1.807) is 22.6 Å². The number of benzene rings is 1. The molecule has 0 radical (unpaired) electrons. The van der Waals surface area contributed by atoms with E-state index < -0.39 is 0 Å². The molecule has 5 rings (SSSR count). The monoisotopic (exact) mass is 404 g/mol. The summed E-state index contributed by atoms with van der Waals surface area (Å²) in [7, 11) is 0. The normalized spacial score (nSPS) is 14.5. The SMILES string of the molecule is c1ccc(CSc2cncc(N3CCN(c4ccc5nncn5n4)CC3)n2)cc1. The van der Waals surface area contributed by atoms with E-state index in [4.69, 9.17) is 4.98 Å². The highest BCUT2D eigenvalue weighted by Gasteiger charge is 2.20. The van der Waals surface area contributed by atoms with Gasteiger partial charge in [0.2, 0.25) is 0 Å². The number of anilines is 2. The minimum Gasteiger partial charge on any atom is -0.352 e. The Kier molecular flexibility index (Phi) is 4.95. The van der Waals surface area contributed by atoms with Crippen LogP contribution in [0.15, 0.2) is 66.2 Å². The van der Waals surface area contributed by atoms with Crippen molar-refractivity contribution in [2.24, 2.45) is 0 Å². The first-order valence-corrected chi connectivity index (χ1v) is 10.5. The van der Waals surface area contributed by atoms with Gasteiger partial charge in [0.25, 0.3) is 0 Å². The van der Waals surface area contributed by atoms with Gasteiger partial charge >= 0.3 is 0 Å². The zero-order valence-corrected chi connectivity index (χ0v) is 16.6. The van der Waals surface area contributed by atoms with E-state index in [2.05, 4.69) is 54.3 Å². The molecular weight excluding hydrogens is 384 g/mol. The van der Waals surface area contributed by atoms with Crippen LogP contribution in [0.2, 0.25) is 0 Å². The van der Waals surface area contributed by atoms with Crippen LogP contribution < -0.4 is 9.80 Å². The number of thioether (sulfide) groups is 1. The van der Waals surface area contributed by atoms with Gasteiger partial charge in [-0.1, -0.05) is 30.3 Å². The molecule has 1 aromatic carbocycles. The molecule has 146 valence electrons. The molecule has 1 fully saturated rings. The van der Waals surface area contributed by atoms with Crippen LogP contribution in [-0.2, 0) is 5.75 Å². The maximum Gasteiger partial charge on any atom is 0.177 e. The largest absolute Gasteiger partial charge is 0.352 e. The molecule has 0 spiro atoms. The number of aromatic nitrogens is 6. The molecule has 0 saturated carbocycles. The molecule has 1 saturated heterocycles. The third kappa shape index (κ3) is 4.00. The van der Waals surface area contributed by atoms with Crippen molar-refractivity contribution in [2.75, 3.05) is 36.0 Å². The summed E-state index contributed by atoms with van der Waals surface area (Å²) in [5, 5.41) is 13.4. The van der Waals surface area contributed by atoms with Crippen LogP contribution in [0.25, 0.3) is 5.65 Å². The van der Waals surface area contributed by atoms with Crippen molar-refractivity contribution >= 4 is 29.0 Å². The molecular formula is C20H20N8S. The second-order valence-corrected chi connectivity index (χ2v) is 7.78. The zero-order chi connectivity index (χ0) is 19.5. The highest BCUT2D eigenvalue weighted by molar-refractivity contribution is 7.98. The van der Waals surface area contributed by atoms with E-state index in [0.717, 1.165) is 54.2 Å². The fourth-order valence-electron chi connectivity index (χ4n) is 3.34. The summed E-state index contributed by atoms with van der Waals surface area (Å²) in [6.45, 7) is 3.51. The van der Waals surface area contributed by atoms with Gasteiger partial charge in [0, 0.05) is 31.9 Å². The second kappa shape index (κ2) is 8.04. The Balaban J connectivity index is 1.22. The van der Waals surface area contributed by atoms with Crippen molar-refractivity contribution in [3.63, 3.8) is 0 Å². The van der Waals surface area contributed by atoms with Crippen molar-refractivity contribution in [1.29, 1.82) is 0 Å². The lowest BCUT2D eigenvalue weighted by Gasteiger charge is -2.35. The maximum atomic E-state index is 4.81. The number of fused-ring (bicyclic) bond motifs is 1. The smallest absolute Gasteiger partial charge is 0.177 e. The predicted molar refractivity (Wildman–Crippen MR) is 113 cm³/mol. The van der Waals surface area contributed by atoms with Crippen molar-refractivity contribution < 1.29 is 0 Å². The van der Waals surface area contributed by atoms with Gasteiger partial charge in [-0.25, -0.2) is 4.98 Å². The second-order valence-electron chi connectivity index (χ2n) is 6.79. The Bertz CT molecular complexity index is 1090. The van der Waals surface area contributed by atoms with Gasteiger partial charge in [-0.05, 0) is 17.7 Å². The molecule has 0 N–H and O–H groups in total. The summed E-state index contributed by atoms with van der Waals surface area (Å²) < 4.78 is 1.71. The minimum atomic E-state index is 0.757. The maximum absolute atomic E-state index is 4.81. The zero-order valence-electron chi connectivity index (χ0n) is 15.8. The summed E-state index contributed by atoms with van der Waals surface area (Å²) >= 11 is 1.72. The van der Waals surface area contributed by atoms with E-state index in [0.29, 0.717) is 0 Å². The Morgan fingerprint density at radius 1 is 0.862 bits per heavy atom. The standard InChI is InChI=1S/C20H20N8S/c1-2-4-16(5-3-1)14-29-20-13-21-12-19(23-20)27-10-8-26(9-11-27)18-7-6-17-24-22-15-28(17)25-18/h1-7,12-13,15H,8-11,14H2. The molecule has 4 heterocycles. The van der Waals surface area contributed by atoms with Crippen LogP contribution in [0, 0.1) is 0 Å². The van der Waals surface area contributed by atoms with E-state index in [1.807, 2.05) is 30.6 Å². The van der Waals surface area contributed by atoms with Gasteiger partial charge in [0.05, 0.1) is 12.4 Å². The van der Waals surface area contributed by atoms with Crippen LogP contribution in [0.4, 0.5) is 11.6 Å². The van der Waals surface area contributed by atoms with Crippen LogP contribution >= 0.6 is 11.8 Å². The van der Waals surface area contributed by atoms with Crippen LogP contribution in [-0.4, -0.2) is 56.0 Å². The first-order valence-electron chi connectivity index (χ1n) is 9.51. The van der Waals surface area contributed by atoms with Gasteiger partial charge in [-0.3, -0.25) is 4.98 Å². The third-order valence-corrected chi connectivity index (χ3v) is 5.87. The van der Waals surface area contributed by atoms with Crippen molar-refractivity contribution in [3.8, 4) is 0 Å². The molecule has 0 atom stereocenters. The molecule has 9 heteroatoms. The molecule has 1 aliphatic heterocycles. The fraction of sp³-hybridized carbons (Fsp3) is 0.250. The summed E-state index contributed by atoms with van der Waals surface area (Å²) in [5.41, 5.74) is 2.04. The number of piperazine rings is 1. The fourth-order valence-corrected chi connectivity index (χ4v) is 4.14. The summed E-state index contributed by atoms with van der Waals surface area (Å²) in [4.78, 5) is 13.8. The van der Waals surface area contributed by atoms with Gasteiger partial charge in [0.15, 0.2) is 5.65 Å². The highest BCUT2D eigenvalue weighted by atomic mass is 32.2. The van der Waals surface area contributed by atoms with Gasteiger partial charge in [0.1, 0.15) is 23.0 Å². The van der Waals surface area contributed by atoms with Crippen LogP contribution in [0.3, 0.4) is 0 Å². The molecule has 0 aliphatic carbocycles. The Labute approximate surface area is 172 Å². The Morgan fingerprint density at radius 3 is 2.48 bits per heavy atom. The molecule has 8 nitrogen and oxygen atoms in total. The van der Waals surface area contributed by atoms with Crippen LogP contribution in [0.5, 0.6) is 0 Å². The van der Waals surface area contributed by atoms with Crippen molar-refractivity contribution in [3.05, 3.63) is 66.7 Å². The Hall–Kier alpha value is -3.20. The quantitative estimate of drug-likeness (QED) is 0.470. The average molecular weight is 405 g/mol. The summed E-state index contributed by atoms with van der Waals surface area (Å²) in [6, 6.07) is 14.4. The van der Waals surface area contributed by atoms with Crippen molar-refractivity contribution in [1.82, 2.24) is 29.8 Å². The third-order valence-electron chi connectivity index (χ3n) is 4.90. The number of hydrogen-bond acceptors (Lipinski definition) is 8. The molecule has 0 amide bonds. The Morgan fingerprint density at radius 2 is 1.66 bits per heavy atom. The highest BCUT2D eigenvalue weighted by Crippen LogP contribution is 2.23. The first-order chi connectivity index (χ1) is 14.3. The number of rotatable bonds is 5. The topological polar surface area (TPSA) is 75.3 Å². The molecule has 29 heavy (non-hydrogen) atoms. The lowest BCUT2D eigenvalue weighted by molar-refractivity contribution is 0.633. The lowest BCUT2D eigenvalue weighted by atomic mass is 10.2. The van der Waals surface area contributed by atoms with Gasteiger partial charge in [-0.2, -0.15) is 4.52 Å². The molecule has 4 aromatic rings. The summed E-state index contributed by atoms with van der Waals surface area (Å²) in [6.07, 6.45) is 5.32. The van der Waals surface area contributed by atoms with Crippen LogP contribution in [0.1, 0.15) is 5.56 Å². The van der Waals surface area contributed by atoms with E-state index in [1.165, 1.54) is 5.56 Å². The van der Waals surface area contributed by atoms with E-state index >= 15 is 0 Å². The van der Waals surface area contributed by atoms with E-state index in [9.17, 15) is 0 Å². The molecule has 1 aliphatic rings. The van der Waals surface area contributed by atoms with E-state index in [-0.39, 0.29) is 0 Å².